The fraction of sp³-hybridized carbons (Fsp3) is 0.864. The lowest BCUT2D eigenvalue weighted by atomic mass is 9.98. The van der Waals surface area contributed by atoms with Crippen molar-refractivity contribution < 1.29 is 57.4 Å². The van der Waals surface area contributed by atoms with Crippen LogP contribution < -0.4 is 15.3 Å². The molecule has 0 N–H and O–H groups in total. The first kappa shape index (κ1) is 75.4. The van der Waals surface area contributed by atoms with Gasteiger partial charge in [0.05, 0.1) is 81.6 Å². The number of nitrogens with zero attached hydrogens (tertiary/aromatic N) is 3. The van der Waals surface area contributed by atoms with Gasteiger partial charge in [-0.1, -0.05) is 172 Å². The molecule has 458 valence electrons. The molecule has 6 atom stereocenters. The standard InChI is InChI=1S/C66H125N3O9/c1-13-16-37-46-58(67(4,5)6)61(70)49-40-31-25-19-22-28-34-43-52-64(73)76-55-57(78-66(75)54-45-36-30-24-21-27-33-42-51-63(72)60(69(10,11)12)48-39-18-15-3)56-77-65(74)53-44-35-29-23-20-26-32-41-50-62(71)59(68(7,8)9)47-38-17-14-2/h31-33,40-42,57-63H,13-30,34-39,43-56H2,1-12H3/b40-31+,41-32+,42-33+. The first-order valence-electron chi connectivity index (χ1n) is 31.9. The Morgan fingerprint density at radius 2 is 0.628 bits per heavy atom. The van der Waals surface area contributed by atoms with E-state index in [-0.39, 0.29) is 68.5 Å². The molecule has 0 aromatic heterocycles. The highest BCUT2D eigenvalue weighted by Gasteiger charge is 2.27. The Kier molecular flexibility index (Phi) is 45.4. The average Bonchev–Trinajstić information content (AvgIpc) is 3.36. The summed E-state index contributed by atoms with van der Waals surface area (Å²) in [5.41, 5.74) is 0. The van der Waals surface area contributed by atoms with Crippen LogP contribution in [0, 0.1) is 0 Å². The molecular weight excluding hydrogens is 979 g/mol. The number of ether oxygens (including phenoxy) is 3. The molecule has 0 radical (unpaired) electrons. The van der Waals surface area contributed by atoms with E-state index in [1.807, 2.05) is 0 Å². The van der Waals surface area contributed by atoms with Crippen molar-refractivity contribution in [3.8, 4) is 0 Å². The van der Waals surface area contributed by atoms with Crippen LogP contribution in [0.25, 0.3) is 0 Å². The molecular formula is C66H125N3O9. The Balaban J connectivity index is 4.89. The Labute approximate surface area is 481 Å². The van der Waals surface area contributed by atoms with Crippen LogP contribution in [-0.4, -0.2) is 151 Å². The summed E-state index contributed by atoms with van der Waals surface area (Å²) in [5, 5.41) is 39.2. The van der Waals surface area contributed by atoms with Gasteiger partial charge in [-0.3, -0.25) is 14.4 Å². The maximum atomic E-state index is 13.1. The predicted octanol–water partition coefficient (Wildman–Crippen LogP) is 12.2. The van der Waals surface area contributed by atoms with Crippen molar-refractivity contribution in [3.63, 3.8) is 0 Å². The third-order valence-corrected chi connectivity index (χ3v) is 15.6. The summed E-state index contributed by atoms with van der Waals surface area (Å²) in [6.07, 6.45) is 42.8. The average molecular weight is 1100 g/mol. The van der Waals surface area contributed by atoms with E-state index in [0.29, 0.717) is 52.0 Å². The van der Waals surface area contributed by atoms with Gasteiger partial charge in [-0.2, -0.15) is 0 Å². The summed E-state index contributed by atoms with van der Waals surface area (Å²) in [5.74, 6) is -1.09. The molecule has 0 bridgehead atoms. The number of allylic oxidation sites excluding steroid dienone is 3. The van der Waals surface area contributed by atoms with Crippen LogP contribution in [0.5, 0.6) is 0 Å². The Bertz CT molecular complexity index is 1470. The third kappa shape index (κ3) is 42.3. The molecule has 12 heteroatoms. The number of hydrogen-bond acceptors (Lipinski definition) is 9. The lowest BCUT2D eigenvalue weighted by Crippen LogP contribution is -2.55. The molecule has 0 aliphatic heterocycles. The van der Waals surface area contributed by atoms with E-state index in [9.17, 15) is 29.7 Å². The number of unbranched alkanes of at least 4 members (excludes halogenated alkanes) is 21. The fourth-order valence-electron chi connectivity index (χ4n) is 10.6. The van der Waals surface area contributed by atoms with Gasteiger partial charge >= 0.3 is 17.9 Å². The molecule has 0 amide bonds. The molecule has 0 saturated carbocycles. The van der Waals surface area contributed by atoms with E-state index >= 15 is 0 Å². The molecule has 0 rings (SSSR count). The molecule has 12 nitrogen and oxygen atoms in total. The summed E-state index contributed by atoms with van der Waals surface area (Å²) >= 11 is 0. The zero-order valence-corrected chi connectivity index (χ0v) is 52.9. The summed E-state index contributed by atoms with van der Waals surface area (Å²) in [4.78, 5) is 38.6. The number of hydrogen-bond donors (Lipinski definition) is 0. The Hall–Kier alpha value is -2.61. The van der Waals surface area contributed by atoms with Gasteiger partial charge < -0.3 is 43.0 Å². The SMILES string of the molecule is CCCCCC(C([O-])C/C=C/CCCCCCCC(=O)OCC(COC(=O)CCCCCCC/C=C/CC([O-])C(CCCCC)[N+](C)(C)C)OC(=O)CCCCCCC/C=C/CC([O-])C(CCCCC)[N+](C)(C)C)[N+](C)(C)C. The number of likely N-dealkylation sites (N-methyl/N-ethyl adjacent to an activating group) is 3. The Morgan fingerprint density at radius 1 is 0.359 bits per heavy atom. The smallest absolute Gasteiger partial charge is 0.306 e. The quantitative estimate of drug-likeness (QED) is 0.0191. The van der Waals surface area contributed by atoms with Crippen molar-refractivity contribution in [2.45, 2.75) is 294 Å². The van der Waals surface area contributed by atoms with Crippen LogP contribution in [0.15, 0.2) is 36.5 Å². The highest BCUT2D eigenvalue weighted by atomic mass is 16.6. The van der Waals surface area contributed by atoms with Crippen molar-refractivity contribution in [2.75, 3.05) is 76.6 Å². The van der Waals surface area contributed by atoms with Crippen LogP contribution in [0.4, 0.5) is 0 Å². The molecule has 0 heterocycles. The molecule has 0 fully saturated rings. The van der Waals surface area contributed by atoms with E-state index in [2.05, 4.69) is 121 Å². The summed E-state index contributed by atoms with van der Waals surface area (Å²) < 4.78 is 19.0. The maximum absolute atomic E-state index is 13.1. The van der Waals surface area contributed by atoms with Crippen LogP contribution in [0.3, 0.4) is 0 Å². The predicted molar refractivity (Wildman–Crippen MR) is 319 cm³/mol. The molecule has 0 aliphatic rings. The lowest BCUT2D eigenvalue weighted by Gasteiger charge is -2.42. The Morgan fingerprint density at radius 3 is 0.910 bits per heavy atom. The van der Waals surface area contributed by atoms with Gasteiger partial charge in [0.25, 0.3) is 0 Å². The molecule has 78 heavy (non-hydrogen) atoms. The normalized spacial score (nSPS) is 15.4. The number of esters is 3. The van der Waals surface area contributed by atoms with E-state index in [1.54, 1.807) is 0 Å². The van der Waals surface area contributed by atoms with Crippen LogP contribution in [0.2, 0.25) is 0 Å². The monoisotopic (exact) mass is 1100 g/mol. The lowest BCUT2D eigenvalue weighted by molar-refractivity contribution is -0.907. The summed E-state index contributed by atoms with van der Waals surface area (Å²) in [6, 6.07) is 0.367. The minimum atomic E-state index is -0.867. The van der Waals surface area contributed by atoms with Crippen LogP contribution in [0.1, 0.15) is 252 Å². The minimum absolute atomic E-state index is 0.120. The van der Waals surface area contributed by atoms with Gasteiger partial charge in [-0.05, 0) is 116 Å². The second-order valence-corrected chi connectivity index (χ2v) is 25.7. The van der Waals surface area contributed by atoms with Crippen molar-refractivity contribution >= 4 is 17.9 Å². The zero-order chi connectivity index (χ0) is 58.5. The van der Waals surface area contributed by atoms with Gasteiger partial charge in [0.2, 0.25) is 0 Å². The van der Waals surface area contributed by atoms with Gasteiger partial charge in [0, 0.05) is 19.3 Å². The number of carbonyl (C=O) groups is 3. The van der Waals surface area contributed by atoms with Gasteiger partial charge in [0.1, 0.15) is 13.2 Å². The van der Waals surface area contributed by atoms with Crippen molar-refractivity contribution in [3.05, 3.63) is 36.5 Å². The highest BCUT2D eigenvalue weighted by Crippen LogP contribution is 2.21. The molecule has 0 spiro atoms. The van der Waals surface area contributed by atoms with E-state index < -0.39 is 24.4 Å². The molecule has 0 aromatic carbocycles. The zero-order valence-electron chi connectivity index (χ0n) is 52.9. The number of carbonyl (C=O) groups excluding carboxylic acids is 3. The topological polar surface area (TPSA) is 148 Å². The molecule has 0 aliphatic carbocycles. The second kappa shape index (κ2) is 46.9. The summed E-state index contributed by atoms with van der Waals surface area (Å²) in [6.45, 7) is 6.28. The maximum Gasteiger partial charge on any atom is 0.306 e. The van der Waals surface area contributed by atoms with Gasteiger partial charge in [-0.15, -0.1) is 0 Å². The van der Waals surface area contributed by atoms with Crippen molar-refractivity contribution in [1.29, 1.82) is 0 Å². The second-order valence-electron chi connectivity index (χ2n) is 25.7. The van der Waals surface area contributed by atoms with Crippen molar-refractivity contribution in [1.82, 2.24) is 0 Å². The largest absolute Gasteiger partial charge is 0.848 e. The third-order valence-electron chi connectivity index (χ3n) is 15.6. The van der Waals surface area contributed by atoms with Crippen molar-refractivity contribution in [2.24, 2.45) is 0 Å². The van der Waals surface area contributed by atoms with Gasteiger partial charge in [-0.25, -0.2) is 0 Å². The highest BCUT2D eigenvalue weighted by molar-refractivity contribution is 5.71. The first-order valence-corrected chi connectivity index (χ1v) is 31.9. The van der Waals surface area contributed by atoms with E-state index in [0.717, 1.165) is 154 Å². The summed E-state index contributed by atoms with van der Waals surface area (Å²) in [7, 11) is 19.2. The first-order chi connectivity index (χ1) is 37.1. The minimum Gasteiger partial charge on any atom is -0.848 e. The fourth-order valence-corrected chi connectivity index (χ4v) is 10.6. The molecule has 0 saturated heterocycles. The van der Waals surface area contributed by atoms with Gasteiger partial charge in [0.15, 0.2) is 6.10 Å². The van der Waals surface area contributed by atoms with Crippen LogP contribution in [-0.2, 0) is 28.6 Å². The number of quaternary nitrogens is 3. The molecule has 6 unspecified atom stereocenters. The van der Waals surface area contributed by atoms with E-state index in [4.69, 9.17) is 14.2 Å². The van der Waals surface area contributed by atoms with E-state index in [1.165, 1.54) is 19.3 Å². The molecule has 0 aromatic rings. The van der Waals surface area contributed by atoms with Crippen LogP contribution >= 0.6 is 0 Å². The number of rotatable bonds is 53.